The van der Waals surface area contributed by atoms with Crippen molar-refractivity contribution >= 4 is 5.91 Å². The number of rotatable bonds is 7. The summed E-state index contributed by atoms with van der Waals surface area (Å²) in [6, 6.07) is 0. The molecule has 0 aliphatic heterocycles. The fourth-order valence-corrected chi connectivity index (χ4v) is 1.73. The number of nitrogens with zero attached hydrogens (tertiary/aromatic N) is 1. The van der Waals surface area contributed by atoms with Crippen LogP contribution in [-0.2, 0) is 9.53 Å². The predicted molar refractivity (Wildman–Crippen MR) is 59.5 cm³/mol. The van der Waals surface area contributed by atoms with Crippen LogP contribution in [0.1, 0.15) is 25.7 Å². The van der Waals surface area contributed by atoms with Crippen molar-refractivity contribution in [2.75, 3.05) is 33.4 Å². The lowest BCUT2D eigenvalue weighted by Gasteiger charge is -2.31. The van der Waals surface area contributed by atoms with Crippen molar-refractivity contribution in [3.05, 3.63) is 0 Å². The second-order valence-electron chi connectivity index (χ2n) is 4.09. The van der Waals surface area contributed by atoms with Gasteiger partial charge in [-0.15, -0.1) is 0 Å². The molecule has 1 aliphatic carbocycles. The maximum Gasteiger partial charge on any atom is 0.225 e. The molecule has 0 aromatic rings. The molecule has 0 saturated heterocycles. The molecule has 2 N–H and O–H groups in total. The minimum atomic E-state index is 0.277. The SMILES string of the molecule is COCCN(CCCN)C(=O)C1CCC1. The number of hydrogen-bond acceptors (Lipinski definition) is 3. The topological polar surface area (TPSA) is 55.6 Å². The summed E-state index contributed by atoms with van der Waals surface area (Å²) in [4.78, 5) is 13.9. The first-order valence-electron chi connectivity index (χ1n) is 5.77. The number of amides is 1. The largest absolute Gasteiger partial charge is 0.383 e. The van der Waals surface area contributed by atoms with Gasteiger partial charge in [-0.05, 0) is 25.8 Å². The Morgan fingerprint density at radius 2 is 2.20 bits per heavy atom. The van der Waals surface area contributed by atoms with Gasteiger partial charge in [0.25, 0.3) is 0 Å². The van der Waals surface area contributed by atoms with Gasteiger partial charge in [-0.2, -0.15) is 0 Å². The number of carbonyl (C=O) groups excluding carboxylic acids is 1. The normalized spacial score (nSPS) is 16.1. The maximum atomic E-state index is 12.0. The summed E-state index contributed by atoms with van der Waals surface area (Å²) >= 11 is 0. The van der Waals surface area contributed by atoms with Gasteiger partial charge in [0, 0.05) is 26.1 Å². The first-order valence-corrected chi connectivity index (χ1v) is 5.77. The van der Waals surface area contributed by atoms with Gasteiger partial charge in [0.05, 0.1) is 6.61 Å². The number of ether oxygens (including phenoxy) is 1. The van der Waals surface area contributed by atoms with Gasteiger partial charge in [-0.3, -0.25) is 4.79 Å². The maximum absolute atomic E-state index is 12.0. The second kappa shape index (κ2) is 6.80. The zero-order valence-electron chi connectivity index (χ0n) is 9.58. The summed E-state index contributed by atoms with van der Waals surface area (Å²) in [6.07, 6.45) is 4.20. The van der Waals surface area contributed by atoms with E-state index in [1.165, 1.54) is 6.42 Å². The monoisotopic (exact) mass is 214 g/mol. The lowest BCUT2D eigenvalue weighted by Crippen LogP contribution is -2.41. The lowest BCUT2D eigenvalue weighted by atomic mass is 9.84. The van der Waals surface area contributed by atoms with Gasteiger partial charge < -0.3 is 15.4 Å². The van der Waals surface area contributed by atoms with Gasteiger partial charge in [0.2, 0.25) is 5.91 Å². The molecule has 0 heterocycles. The van der Waals surface area contributed by atoms with Gasteiger partial charge in [0.1, 0.15) is 0 Å². The van der Waals surface area contributed by atoms with E-state index in [0.717, 1.165) is 25.8 Å². The Hall–Kier alpha value is -0.610. The van der Waals surface area contributed by atoms with Crippen LogP contribution in [0.2, 0.25) is 0 Å². The van der Waals surface area contributed by atoms with Gasteiger partial charge >= 0.3 is 0 Å². The van der Waals surface area contributed by atoms with Crippen LogP contribution in [0.3, 0.4) is 0 Å². The molecule has 15 heavy (non-hydrogen) atoms. The Balaban J connectivity index is 2.34. The van der Waals surface area contributed by atoms with Gasteiger partial charge in [-0.25, -0.2) is 0 Å². The predicted octanol–water partition coefficient (Wildman–Crippen LogP) is 0.610. The van der Waals surface area contributed by atoms with Crippen molar-refractivity contribution < 1.29 is 9.53 Å². The average Bonchev–Trinajstić information content (AvgIpc) is 2.15. The summed E-state index contributed by atoms with van der Waals surface area (Å²) < 4.78 is 5.01. The van der Waals surface area contributed by atoms with Crippen molar-refractivity contribution in [3.8, 4) is 0 Å². The first kappa shape index (κ1) is 12.5. The van der Waals surface area contributed by atoms with Crippen LogP contribution in [0.4, 0.5) is 0 Å². The minimum Gasteiger partial charge on any atom is -0.383 e. The standard InChI is InChI=1S/C11H22N2O2/c1-15-9-8-13(7-3-6-12)11(14)10-4-2-5-10/h10H,2-9,12H2,1H3. The molecule has 1 fully saturated rings. The summed E-state index contributed by atoms with van der Waals surface area (Å²) in [5.74, 6) is 0.575. The zero-order chi connectivity index (χ0) is 11.1. The molecule has 0 aromatic heterocycles. The average molecular weight is 214 g/mol. The van der Waals surface area contributed by atoms with E-state index in [9.17, 15) is 4.79 Å². The van der Waals surface area contributed by atoms with E-state index in [2.05, 4.69) is 0 Å². The fraction of sp³-hybridized carbons (Fsp3) is 0.909. The van der Waals surface area contributed by atoms with Crippen LogP contribution in [0.5, 0.6) is 0 Å². The second-order valence-corrected chi connectivity index (χ2v) is 4.09. The molecule has 4 nitrogen and oxygen atoms in total. The fourth-order valence-electron chi connectivity index (χ4n) is 1.73. The van der Waals surface area contributed by atoms with Crippen LogP contribution in [0.25, 0.3) is 0 Å². The van der Waals surface area contributed by atoms with Crippen LogP contribution in [-0.4, -0.2) is 44.2 Å². The van der Waals surface area contributed by atoms with Crippen LogP contribution in [0, 0.1) is 5.92 Å². The van der Waals surface area contributed by atoms with E-state index in [0.29, 0.717) is 25.6 Å². The molecule has 1 aliphatic rings. The summed E-state index contributed by atoms with van der Waals surface area (Å²) in [7, 11) is 1.66. The van der Waals surface area contributed by atoms with Gasteiger partial charge in [-0.1, -0.05) is 6.42 Å². The molecule has 88 valence electrons. The highest BCUT2D eigenvalue weighted by Crippen LogP contribution is 2.28. The first-order chi connectivity index (χ1) is 7.29. The van der Waals surface area contributed by atoms with E-state index < -0.39 is 0 Å². The van der Waals surface area contributed by atoms with Crippen molar-refractivity contribution in [2.24, 2.45) is 11.7 Å². The molecular formula is C11H22N2O2. The number of nitrogens with two attached hydrogens (primary N) is 1. The van der Waals surface area contributed by atoms with Crippen molar-refractivity contribution in [3.63, 3.8) is 0 Å². The third kappa shape index (κ3) is 3.80. The quantitative estimate of drug-likeness (QED) is 0.675. The molecule has 1 saturated carbocycles. The summed E-state index contributed by atoms with van der Waals surface area (Å²) in [6.45, 7) is 2.73. The third-order valence-corrected chi connectivity index (χ3v) is 2.96. The molecule has 1 amide bonds. The van der Waals surface area contributed by atoms with E-state index in [4.69, 9.17) is 10.5 Å². The summed E-state index contributed by atoms with van der Waals surface area (Å²) in [5, 5.41) is 0. The van der Waals surface area contributed by atoms with Crippen LogP contribution >= 0.6 is 0 Å². The van der Waals surface area contributed by atoms with Crippen LogP contribution < -0.4 is 5.73 Å². The molecule has 1 rings (SSSR count). The van der Waals surface area contributed by atoms with E-state index >= 15 is 0 Å². The van der Waals surface area contributed by atoms with E-state index in [1.807, 2.05) is 4.90 Å². The molecule has 0 aromatic carbocycles. The Morgan fingerprint density at radius 1 is 1.47 bits per heavy atom. The Morgan fingerprint density at radius 3 is 2.67 bits per heavy atom. The Kier molecular flexibility index (Phi) is 5.65. The van der Waals surface area contributed by atoms with Crippen molar-refractivity contribution in [2.45, 2.75) is 25.7 Å². The highest BCUT2D eigenvalue weighted by molar-refractivity contribution is 5.79. The van der Waals surface area contributed by atoms with Crippen molar-refractivity contribution in [1.29, 1.82) is 0 Å². The molecule has 0 bridgehead atoms. The number of hydrogen-bond donors (Lipinski definition) is 1. The number of carbonyl (C=O) groups is 1. The molecule has 0 spiro atoms. The highest BCUT2D eigenvalue weighted by Gasteiger charge is 2.28. The molecule has 0 atom stereocenters. The van der Waals surface area contributed by atoms with Crippen LogP contribution in [0.15, 0.2) is 0 Å². The third-order valence-electron chi connectivity index (χ3n) is 2.96. The smallest absolute Gasteiger partial charge is 0.225 e. The lowest BCUT2D eigenvalue weighted by molar-refractivity contribution is -0.138. The zero-order valence-corrected chi connectivity index (χ0v) is 9.58. The van der Waals surface area contributed by atoms with E-state index in [1.54, 1.807) is 7.11 Å². The number of methoxy groups -OCH3 is 1. The summed E-state index contributed by atoms with van der Waals surface area (Å²) in [5.41, 5.74) is 5.46. The minimum absolute atomic E-state index is 0.277. The molecule has 0 unspecified atom stereocenters. The van der Waals surface area contributed by atoms with Crippen molar-refractivity contribution in [1.82, 2.24) is 4.90 Å². The molecule has 0 radical (unpaired) electrons. The highest BCUT2D eigenvalue weighted by atomic mass is 16.5. The molecular weight excluding hydrogens is 192 g/mol. The van der Waals surface area contributed by atoms with Gasteiger partial charge in [0.15, 0.2) is 0 Å². The Labute approximate surface area is 91.8 Å². The van der Waals surface area contributed by atoms with E-state index in [-0.39, 0.29) is 5.92 Å². The molecule has 4 heteroatoms. The Bertz CT molecular complexity index is 185.